The first-order chi connectivity index (χ1) is 14.8. The van der Waals surface area contributed by atoms with Gasteiger partial charge in [0, 0.05) is 10.7 Å². The summed E-state index contributed by atoms with van der Waals surface area (Å²) in [6, 6.07) is 16.9. The van der Waals surface area contributed by atoms with E-state index < -0.39 is 10.0 Å². The standard InChI is InChI=1S/C21H18Cl2N2O5S/c1-29-20-10-5-16(12-19(20)23)25-31(27,28)18-8-6-17(7-9-18)30-13-21(26)24-15-4-2-3-14(22)11-15/h2-12,25H,13H2,1H3,(H,24,26). The largest absolute Gasteiger partial charge is 0.495 e. The summed E-state index contributed by atoms with van der Waals surface area (Å²) < 4.78 is 38.0. The van der Waals surface area contributed by atoms with E-state index in [-0.39, 0.29) is 22.4 Å². The Morgan fingerprint density at radius 2 is 1.71 bits per heavy atom. The molecule has 0 aliphatic carbocycles. The molecule has 0 aliphatic heterocycles. The highest BCUT2D eigenvalue weighted by Gasteiger charge is 2.15. The van der Waals surface area contributed by atoms with Gasteiger partial charge in [0.25, 0.3) is 15.9 Å². The summed E-state index contributed by atoms with van der Waals surface area (Å²) in [5.41, 5.74) is 0.844. The summed E-state index contributed by atoms with van der Waals surface area (Å²) in [5.74, 6) is 0.398. The summed E-state index contributed by atoms with van der Waals surface area (Å²) in [6.07, 6.45) is 0. The van der Waals surface area contributed by atoms with Gasteiger partial charge in [0.15, 0.2) is 6.61 Å². The van der Waals surface area contributed by atoms with Crippen LogP contribution in [0.25, 0.3) is 0 Å². The molecular formula is C21H18Cl2N2O5S. The van der Waals surface area contributed by atoms with E-state index in [9.17, 15) is 13.2 Å². The van der Waals surface area contributed by atoms with Crippen LogP contribution in [-0.4, -0.2) is 28.0 Å². The molecule has 3 rings (SSSR count). The predicted molar refractivity (Wildman–Crippen MR) is 121 cm³/mol. The lowest BCUT2D eigenvalue weighted by Gasteiger charge is -2.11. The summed E-state index contributed by atoms with van der Waals surface area (Å²) >= 11 is 11.9. The van der Waals surface area contributed by atoms with Crippen molar-refractivity contribution in [2.45, 2.75) is 4.90 Å². The maximum atomic E-state index is 12.6. The van der Waals surface area contributed by atoms with Crippen molar-refractivity contribution in [3.63, 3.8) is 0 Å². The number of ether oxygens (including phenoxy) is 2. The zero-order valence-electron chi connectivity index (χ0n) is 16.3. The molecular weight excluding hydrogens is 463 g/mol. The van der Waals surface area contributed by atoms with E-state index in [0.29, 0.717) is 27.9 Å². The monoisotopic (exact) mass is 480 g/mol. The second kappa shape index (κ2) is 9.91. The van der Waals surface area contributed by atoms with Gasteiger partial charge in [0.2, 0.25) is 0 Å². The number of amides is 1. The van der Waals surface area contributed by atoms with Gasteiger partial charge in [-0.05, 0) is 60.7 Å². The second-order valence-electron chi connectivity index (χ2n) is 6.27. The lowest BCUT2D eigenvalue weighted by molar-refractivity contribution is -0.118. The number of sulfonamides is 1. The topological polar surface area (TPSA) is 93.7 Å². The van der Waals surface area contributed by atoms with Crippen LogP contribution in [0.1, 0.15) is 0 Å². The van der Waals surface area contributed by atoms with E-state index >= 15 is 0 Å². The molecule has 10 heteroatoms. The molecule has 0 unspecified atom stereocenters. The summed E-state index contributed by atoms with van der Waals surface area (Å²) in [4.78, 5) is 12.0. The molecule has 0 atom stereocenters. The number of hydrogen-bond acceptors (Lipinski definition) is 5. The molecule has 0 aromatic heterocycles. The van der Waals surface area contributed by atoms with E-state index in [4.69, 9.17) is 32.7 Å². The molecule has 0 spiro atoms. The number of methoxy groups -OCH3 is 1. The van der Waals surface area contributed by atoms with Crippen molar-refractivity contribution in [1.82, 2.24) is 0 Å². The Morgan fingerprint density at radius 3 is 2.35 bits per heavy atom. The SMILES string of the molecule is COc1ccc(NS(=O)(=O)c2ccc(OCC(=O)Nc3cccc(Cl)c3)cc2)cc1Cl. The highest BCUT2D eigenvalue weighted by molar-refractivity contribution is 7.92. The Labute approximate surface area is 189 Å². The Bertz CT molecular complexity index is 1180. The van der Waals surface area contributed by atoms with Gasteiger partial charge in [-0.25, -0.2) is 8.42 Å². The fourth-order valence-corrected chi connectivity index (χ4v) is 4.07. The quantitative estimate of drug-likeness (QED) is 0.481. The smallest absolute Gasteiger partial charge is 0.262 e. The third-order valence-corrected chi connectivity index (χ3v) is 5.94. The maximum absolute atomic E-state index is 12.6. The van der Waals surface area contributed by atoms with Crippen molar-refractivity contribution in [2.75, 3.05) is 23.8 Å². The molecule has 2 N–H and O–H groups in total. The average Bonchev–Trinajstić information content (AvgIpc) is 2.72. The number of benzene rings is 3. The molecule has 3 aromatic rings. The number of halogens is 2. The van der Waals surface area contributed by atoms with E-state index in [2.05, 4.69) is 10.0 Å². The van der Waals surface area contributed by atoms with Crippen LogP contribution < -0.4 is 19.5 Å². The van der Waals surface area contributed by atoms with Gasteiger partial charge in [-0.15, -0.1) is 0 Å². The predicted octanol–water partition coefficient (Wildman–Crippen LogP) is 4.82. The van der Waals surface area contributed by atoms with Crippen molar-refractivity contribution in [3.05, 3.63) is 76.8 Å². The highest BCUT2D eigenvalue weighted by Crippen LogP contribution is 2.28. The van der Waals surface area contributed by atoms with Gasteiger partial charge >= 0.3 is 0 Å². The molecule has 7 nitrogen and oxygen atoms in total. The van der Waals surface area contributed by atoms with Crippen molar-refractivity contribution in [2.24, 2.45) is 0 Å². The van der Waals surface area contributed by atoms with E-state index in [1.54, 1.807) is 30.3 Å². The van der Waals surface area contributed by atoms with Gasteiger partial charge < -0.3 is 14.8 Å². The van der Waals surface area contributed by atoms with Crippen molar-refractivity contribution in [3.8, 4) is 11.5 Å². The molecule has 0 heterocycles. The van der Waals surface area contributed by atoms with Crippen LogP contribution in [-0.2, 0) is 14.8 Å². The minimum absolute atomic E-state index is 0.0233. The Morgan fingerprint density at radius 1 is 0.968 bits per heavy atom. The van der Waals surface area contributed by atoms with Crippen molar-refractivity contribution < 1.29 is 22.7 Å². The average molecular weight is 481 g/mol. The second-order valence-corrected chi connectivity index (χ2v) is 8.80. The van der Waals surface area contributed by atoms with Crippen LogP contribution >= 0.6 is 23.2 Å². The molecule has 31 heavy (non-hydrogen) atoms. The summed E-state index contributed by atoms with van der Waals surface area (Å²) in [7, 11) is -2.37. The number of anilines is 2. The van der Waals surface area contributed by atoms with Crippen LogP contribution in [0, 0.1) is 0 Å². The molecule has 0 fully saturated rings. The number of nitrogens with one attached hydrogen (secondary N) is 2. The summed E-state index contributed by atoms with van der Waals surface area (Å²) in [6.45, 7) is -0.249. The number of rotatable bonds is 8. The minimum atomic E-state index is -3.84. The van der Waals surface area contributed by atoms with Crippen LogP contribution in [0.5, 0.6) is 11.5 Å². The lowest BCUT2D eigenvalue weighted by Crippen LogP contribution is -2.20. The Hall–Kier alpha value is -2.94. The molecule has 162 valence electrons. The summed E-state index contributed by atoms with van der Waals surface area (Å²) in [5, 5.41) is 3.44. The fraction of sp³-hybridized carbons (Fsp3) is 0.0952. The third kappa shape index (κ3) is 6.27. The minimum Gasteiger partial charge on any atom is -0.495 e. The van der Waals surface area contributed by atoms with E-state index in [1.807, 2.05) is 0 Å². The molecule has 3 aromatic carbocycles. The van der Waals surface area contributed by atoms with Gasteiger partial charge in [-0.3, -0.25) is 9.52 Å². The normalized spacial score (nSPS) is 10.9. The highest BCUT2D eigenvalue weighted by atomic mass is 35.5. The zero-order chi connectivity index (χ0) is 22.4. The molecule has 0 saturated heterocycles. The van der Waals surface area contributed by atoms with Crippen LogP contribution in [0.15, 0.2) is 71.6 Å². The first kappa shape index (κ1) is 22.7. The molecule has 0 saturated carbocycles. The van der Waals surface area contributed by atoms with Gasteiger partial charge in [0.1, 0.15) is 11.5 Å². The van der Waals surface area contributed by atoms with Crippen molar-refractivity contribution in [1.29, 1.82) is 0 Å². The Kier molecular flexibility index (Phi) is 7.27. The van der Waals surface area contributed by atoms with E-state index in [0.717, 1.165) is 0 Å². The lowest BCUT2D eigenvalue weighted by atomic mass is 10.3. The van der Waals surface area contributed by atoms with Crippen LogP contribution in [0.3, 0.4) is 0 Å². The zero-order valence-corrected chi connectivity index (χ0v) is 18.6. The van der Waals surface area contributed by atoms with Crippen molar-refractivity contribution >= 4 is 50.5 Å². The molecule has 0 aliphatic rings. The first-order valence-corrected chi connectivity index (χ1v) is 11.2. The maximum Gasteiger partial charge on any atom is 0.262 e. The van der Waals surface area contributed by atoms with Gasteiger partial charge in [0.05, 0.1) is 22.7 Å². The molecule has 0 bridgehead atoms. The Balaban J connectivity index is 1.59. The van der Waals surface area contributed by atoms with Crippen LogP contribution in [0.2, 0.25) is 10.0 Å². The fourth-order valence-electron chi connectivity index (χ4n) is 2.57. The first-order valence-electron chi connectivity index (χ1n) is 8.91. The molecule has 0 radical (unpaired) electrons. The number of hydrogen-bond donors (Lipinski definition) is 2. The number of carbonyl (C=O) groups is 1. The molecule has 1 amide bonds. The van der Waals surface area contributed by atoms with Gasteiger partial charge in [-0.2, -0.15) is 0 Å². The van der Waals surface area contributed by atoms with Crippen LogP contribution in [0.4, 0.5) is 11.4 Å². The third-order valence-electron chi connectivity index (χ3n) is 4.02. The number of carbonyl (C=O) groups excluding carboxylic acids is 1. The van der Waals surface area contributed by atoms with E-state index in [1.165, 1.54) is 43.5 Å². The van der Waals surface area contributed by atoms with Gasteiger partial charge in [-0.1, -0.05) is 29.3 Å².